The van der Waals surface area contributed by atoms with Gasteiger partial charge in [0.05, 0.1) is 15.6 Å². The molecule has 2 aliphatic carbocycles. The number of hydrogen-bond acceptors (Lipinski definition) is 7. The first-order chi connectivity index (χ1) is 18.0. The summed E-state index contributed by atoms with van der Waals surface area (Å²) >= 11 is 8.36. The third kappa shape index (κ3) is 3.97. The number of aromatic nitrogens is 4. The van der Waals surface area contributed by atoms with Crippen molar-refractivity contribution in [2.24, 2.45) is 11.1 Å². The quantitative estimate of drug-likeness (QED) is 0.344. The van der Waals surface area contributed by atoms with E-state index >= 15 is 0 Å². The maximum absolute atomic E-state index is 6.81. The van der Waals surface area contributed by atoms with Crippen LogP contribution in [0.25, 0.3) is 5.65 Å². The van der Waals surface area contributed by atoms with E-state index < -0.39 is 0 Å². The van der Waals surface area contributed by atoms with Gasteiger partial charge in [0.2, 0.25) is 5.95 Å². The van der Waals surface area contributed by atoms with E-state index in [1.807, 2.05) is 24.7 Å². The average Bonchev–Trinajstić information content (AvgIpc) is 3.52. The standard InChI is InChI=1S/C28H30ClN7S/c1-17-23(37-21-8-11-31-25(22(21)29)34-19-6-7-19)26-32-12-15-36(26)27(33-17)35-13-9-28(10-14-35)16-18-4-2-3-5-20(18)24(28)30/h2-5,8,11-12,15,19,24H,6-7,9-10,13-14,16,30H2,1H3,(H,31,34). The van der Waals surface area contributed by atoms with Gasteiger partial charge in [-0.3, -0.25) is 4.40 Å². The van der Waals surface area contributed by atoms with Gasteiger partial charge < -0.3 is 16.0 Å². The van der Waals surface area contributed by atoms with Gasteiger partial charge in [-0.05, 0) is 61.6 Å². The Morgan fingerprint density at radius 3 is 2.70 bits per heavy atom. The molecule has 1 saturated carbocycles. The third-order valence-electron chi connectivity index (χ3n) is 8.27. The van der Waals surface area contributed by atoms with Crippen LogP contribution < -0.4 is 16.0 Å². The van der Waals surface area contributed by atoms with Gasteiger partial charge >= 0.3 is 0 Å². The van der Waals surface area contributed by atoms with Crippen molar-refractivity contribution in [1.29, 1.82) is 0 Å². The van der Waals surface area contributed by atoms with Crippen LogP contribution in [0, 0.1) is 12.3 Å². The molecule has 1 aliphatic heterocycles. The first-order valence-electron chi connectivity index (χ1n) is 13.0. The molecule has 3 aromatic heterocycles. The monoisotopic (exact) mass is 531 g/mol. The van der Waals surface area contributed by atoms with Crippen LogP contribution in [-0.4, -0.2) is 38.5 Å². The molecular formula is C28H30ClN7S. The maximum atomic E-state index is 6.81. The van der Waals surface area contributed by atoms with Gasteiger partial charge in [0.15, 0.2) is 5.65 Å². The lowest BCUT2D eigenvalue weighted by molar-refractivity contribution is 0.186. The van der Waals surface area contributed by atoms with E-state index in [9.17, 15) is 0 Å². The molecule has 0 bridgehead atoms. The first-order valence-corrected chi connectivity index (χ1v) is 14.2. The number of nitrogens with zero attached hydrogens (tertiary/aromatic N) is 5. The largest absolute Gasteiger partial charge is 0.366 e. The minimum atomic E-state index is 0.108. The summed E-state index contributed by atoms with van der Waals surface area (Å²) < 4.78 is 2.12. The fraction of sp³-hybridized carbons (Fsp3) is 0.393. The molecule has 3 N–H and O–H groups in total. The lowest BCUT2D eigenvalue weighted by Crippen LogP contribution is -2.45. The molecule has 1 saturated heterocycles. The summed E-state index contributed by atoms with van der Waals surface area (Å²) in [7, 11) is 0. The van der Waals surface area contributed by atoms with Crippen LogP contribution in [0.2, 0.25) is 5.02 Å². The number of nitrogens with two attached hydrogens (primary N) is 1. The zero-order chi connectivity index (χ0) is 25.1. The van der Waals surface area contributed by atoms with Crippen LogP contribution >= 0.6 is 23.4 Å². The Morgan fingerprint density at radius 2 is 1.92 bits per heavy atom. The fourth-order valence-corrected chi connectivity index (χ4v) is 7.24. The van der Waals surface area contributed by atoms with Crippen molar-refractivity contribution in [3.8, 4) is 0 Å². The van der Waals surface area contributed by atoms with Gasteiger partial charge in [-0.15, -0.1) is 0 Å². The van der Waals surface area contributed by atoms with Crippen molar-refractivity contribution >= 4 is 40.8 Å². The highest BCUT2D eigenvalue weighted by molar-refractivity contribution is 7.99. The van der Waals surface area contributed by atoms with E-state index in [0.29, 0.717) is 11.1 Å². The normalized spacial score (nSPS) is 20.5. The van der Waals surface area contributed by atoms with Crippen molar-refractivity contribution in [1.82, 2.24) is 19.4 Å². The summed E-state index contributed by atoms with van der Waals surface area (Å²) in [6, 6.07) is 11.2. The summed E-state index contributed by atoms with van der Waals surface area (Å²) in [5.74, 6) is 1.70. The number of benzene rings is 1. The Hall–Kier alpha value is -2.81. The molecule has 7 rings (SSSR count). The van der Waals surface area contributed by atoms with Gasteiger partial charge in [-0.1, -0.05) is 47.6 Å². The predicted molar refractivity (Wildman–Crippen MR) is 149 cm³/mol. The van der Waals surface area contributed by atoms with Crippen molar-refractivity contribution in [3.05, 3.63) is 70.8 Å². The second kappa shape index (κ2) is 8.89. The number of fused-ring (bicyclic) bond motifs is 2. The molecule has 190 valence electrons. The van der Waals surface area contributed by atoms with Crippen LogP contribution in [-0.2, 0) is 6.42 Å². The molecule has 1 atom stereocenters. The van der Waals surface area contributed by atoms with Gasteiger partial charge in [0, 0.05) is 48.7 Å². The Morgan fingerprint density at radius 1 is 1.11 bits per heavy atom. The molecule has 1 unspecified atom stereocenters. The zero-order valence-corrected chi connectivity index (χ0v) is 22.4. The molecule has 9 heteroatoms. The Labute approximate surface area is 225 Å². The summed E-state index contributed by atoms with van der Waals surface area (Å²) in [5, 5.41) is 4.09. The van der Waals surface area contributed by atoms with E-state index in [-0.39, 0.29) is 11.5 Å². The number of halogens is 1. The number of pyridine rings is 1. The van der Waals surface area contributed by atoms with Crippen LogP contribution in [0.15, 0.2) is 58.7 Å². The van der Waals surface area contributed by atoms with Gasteiger partial charge in [0.25, 0.3) is 0 Å². The highest BCUT2D eigenvalue weighted by atomic mass is 35.5. The molecule has 0 amide bonds. The number of aryl methyl sites for hydroxylation is 1. The molecule has 4 heterocycles. The number of hydrogen-bond donors (Lipinski definition) is 2. The van der Waals surface area contributed by atoms with Crippen LogP contribution in [0.3, 0.4) is 0 Å². The second-order valence-corrected chi connectivity index (χ2v) is 12.1. The maximum Gasteiger partial charge on any atom is 0.211 e. The van der Waals surface area contributed by atoms with Crippen molar-refractivity contribution in [2.45, 2.75) is 60.9 Å². The molecule has 3 aliphatic rings. The van der Waals surface area contributed by atoms with Crippen LogP contribution in [0.1, 0.15) is 48.5 Å². The predicted octanol–water partition coefficient (Wildman–Crippen LogP) is 5.65. The minimum absolute atomic E-state index is 0.108. The molecule has 37 heavy (non-hydrogen) atoms. The number of piperidine rings is 1. The number of imidazole rings is 1. The minimum Gasteiger partial charge on any atom is -0.366 e. The van der Waals surface area contributed by atoms with Crippen molar-refractivity contribution < 1.29 is 0 Å². The Balaban J connectivity index is 1.15. The van der Waals surface area contributed by atoms with Crippen molar-refractivity contribution in [3.63, 3.8) is 0 Å². The summed E-state index contributed by atoms with van der Waals surface area (Å²) in [4.78, 5) is 18.7. The number of rotatable bonds is 5. The van der Waals surface area contributed by atoms with Gasteiger partial charge in [0.1, 0.15) is 5.82 Å². The first kappa shape index (κ1) is 23.3. The van der Waals surface area contributed by atoms with E-state index in [1.54, 1.807) is 11.8 Å². The molecule has 1 spiro atoms. The van der Waals surface area contributed by atoms with Gasteiger partial charge in [-0.2, -0.15) is 0 Å². The molecule has 7 nitrogen and oxygen atoms in total. The van der Waals surface area contributed by atoms with Gasteiger partial charge in [-0.25, -0.2) is 15.0 Å². The molecule has 1 aromatic carbocycles. The SMILES string of the molecule is Cc1nc(N2CCC3(CC2)Cc2ccccc2C3N)n2ccnc2c1Sc1ccnc(NC2CC2)c1Cl. The summed E-state index contributed by atoms with van der Waals surface area (Å²) in [6.45, 7) is 3.93. The Bertz CT molecular complexity index is 1490. The molecule has 4 aromatic rings. The topological polar surface area (TPSA) is 84.4 Å². The van der Waals surface area contributed by atoms with Crippen LogP contribution in [0.4, 0.5) is 11.8 Å². The highest BCUT2D eigenvalue weighted by Crippen LogP contribution is 2.51. The van der Waals surface area contributed by atoms with Crippen LogP contribution in [0.5, 0.6) is 0 Å². The molecule has 0 radical (unpaired) electrons. The van der Waals surface area contributed by atoms with Crippen molar-refractivity contribution in [2.75, 3.05) is 23.3 Å². The van der Waals surface area contributed by atoms with E-state index in [0.717, 1.165) is 65.3 Å². The lowest BCUT2D eigenvalue weighted by atomic mass is 9.73. The van der Waals surface area contributed by atoms with E-state index in [4.69, 9.17) is 27.3 Å². The smallest absolute Gasteiger partial charge is 0.211 e. The highest BCUT2D eigenvalue weighted by Gasteiger charge is 2.46. The lowest BCUT2D eigenvalue weighted by Gasteiger charge is -2.42. The number of nitrogens with one attached hydrogen (secondary N) is 1. The summed E-state index contributed by atoms with van der Waals surface area (Å²) in [6.07, 6.45) is 11.2. The second-order valence-electron chi connectivity index (χ2n) is 10.6. The summed E-state index contributed by atoms with van der Waals surface area (Å²) in [5.41, 5.74) is 11.6. The number of anilines is 2. The van der Waals surface area contributed by atoms with E-state index in [2.05, 4.69) is 50.8 Å². The Kier molecular flexibility index (Phi) is 5.60. The fourth-order valence-electron chi connectivity index (χ4n) is 5.99. The third-order valence-corrected chi connectivity index (χ3v) is 10.0. The zero-order valence-electron chi connectivity index (χ0n) is 20.8. The molecular weight excluding hydrogens is 502 g/mol. The average molecular weight is 532 g/mol. The molecule has 2 fully saturated rings. The van der Waals surface area contributed by atoms with E-state index in [1.165, 1.54) is 24.0 Å².